The lowest BCUT2D eigenvalue weighted by atomic mass is 10.2. The molecule has 1 aliphatic rings. The van der Waals surface area contributed by atoms with Gasteiger partial charge in [-0.25, -0.2) is 13.1 Å². The molecule has 0 saturated carbocycles. The first-order chi connectivity index (χ1) is 12.6. The number of para-hydroxylation sites is 1. The van der Waals surface area contributed by atoms with Crippen LogP contribution < -0.4 is 9.62 Å². The third-order valence-corrected chi connectivity index (χ3v) is 7.04. The maximum absolute atomic E-state index is 12.3. The summed E-state index contributed by atoms with van der Waals surface area (Å²) in [6.45, 7) is 5.38. The van der Waals surface area contributed by atoms with E-state index in [1.807, 2.05) is 6.07 Å². The lowest BCUT2D eigenvalue weighted by molar-refractivity contribution is 0.255. The molecule has 0 aliphatic carbocycles. The fraction of sp³-hybridized carbons (Fsp3) is 0.368. The van der Waals surface area contributed by atoms with Crippen molar-refractivity contribution < 1.29 is 8.42 Å². The predicted octanol–water partition coefficient (Wildman–Crippen LogP) is 2.94. The Balaban J connectivity index is 1.40. The topological polar surface area (TPSA) is 52.7 Å². The summed E-state index contributed by atoms with van der Waals surface area (Å²) >= 11 is 3.30. The Morgan fingerprint density at radius 3 is 2.27 bits per heavy atom. The zero-order valence-corrected chi connectivity index (χ0v) is 17.0. The molecule has 0 atom stereocenters. The Labute approximate surface area is 164 Å². The highest BCUT2D eigenvalue weighted by molar-refractivity contribution is 9.10. The molecule has 2 aromatic rings. The van der Waals surface area contributed by atoms with Gasteiger partial charge >= 0.3 is 0 Å². The van der Waals surface area contributed by atoms with Crippen molar-refractivity contribution in [3.05, 3.63) is 59.1 Å². The Bertz CT molecular complexity index is 807. The van der Waals surface area contributed by atoms with Gasteiger partial charge in [-0.05, 0) is 53.2 Å². The minimum Gasteiger partial charge on any atom is -0.369 e. The molecule has 3 rings (SSSR count). The van der Waals surface area contributed by atoms with Crippen molar-refractivity contribution >= 4 is 31.6 Å². The van der Waals surface area contributed by atoms with E-state index in [1.54, 1.807) is 24.3 Å². The van der Waals surface area contributed by atoms with Crippen LogP contribution in [0.25, 0.3) is 0 Å². The number of benzene rings is 2. The normalized spacial score (nSPS) is 16.0. The number of piperazine rings is 1. The van der Waals surface area contributed by atoms with Gasteiger partial charge in [0.05, 0.1) is 4.90 Å². The van der Waals surface area contributed by atoms with Gasteiger partial charge in [-0.3, -0.25) is 4.90 Å². The van der Waals surface area contributed by atoms with Crippen LogP contribution in [0.2, 0.25) is 0 Å². The van der Waals surface area contributed by atoms with E-state index in [9.17, 15) is 8.42 Å². The van der Waals surface area contributed by atoms with Gasteiger partial charge in [0.1, 0.15) is 0 Å². The Kier molecular flexibility index (Phi) is 6.69. The first-order valence-electron chi connectivity index (χ1n) is 8.83. The first-order valence-corrected chi connectivity index (χ1v) is 11.1. The summed E-state index contributed by atoms with van der Waals surface area (Å²) < 4.78 is 28.0. The van der Waals surface area contributed by atoms with E-state index in [4.69, 9.17) is 0 Å². The molecule has 0 radical (unpaired) electrons. The average Bonchev–Trinajstić information content (AvgIpc) is 2.67. The van der Waals surface area contributed by atoms with E-state index in [1.165, 1.54) is 5.69 Å². The van der Waals surface area contributed by atoms with Crippen LogP contribution in [0.4, 0.5) is 5.69 Å². The number of rotatable bonds is 7. The molecule has 1 aliphatic heterocycles. The highest BCUT2D eigenvalue weighted by atomic mass is 79.9. The average molecular weight is 438 g/mol. The lowest BCUT2D eigenvalue weighted by Gasteiger charge is -2.36. The maximum atomic E-state index is 12.3. The SMILES string of the molecule is O=S(=O)(NCCCN1CCN(c2ccccc2)CC1)c1ccccc1Br. The number of hydrogen-bond acceptors (Lipinski definition) is 4. The second-order valence-corrected chi connectivity index (χ2v) is 8.94. The van der Waals surface area contributed by atoms with Crippen LogP contribution in [-0.4, -0.2) is 52.6 Å². The third kappa shape index (κ3) is 5.07. The van der Waals surface area contributed by atoms with Crippen molar-refractivity contribution in [1.29, 1.82) is 0 Å². The molecule has 1 fully saturated rings. The largest absolute Gasteiger partial charge is 0.369 e. The van der Waals surface area contributed by atoms with Crippen LogP contribution in [-0.2, 0) is 10.0 Å². The molecule has 5 nitrogen and oxygen atoms in total. The molecular weight excluding hydrogens is 414 g/mol. The van der Waals surface area contributed by atoms with Crippen molar-refractivity contribution in [2.24, 2.45) is 0 Å². The maximum Gasteiger partial charge on any atom is 0.241 e. The van der Waals surface area contributed by atoms with Gasteiger partial charge in [0, 0.05) is 42.9 Å². The van der Waals surface area contributed by atoms with E-state index in [2.05, 4.69) is 54.7 Å². The van der Waals surface area contributed by atoms with Crippen LogP contribution in [0.5, 0.6) is 0 Å². The van der Waals surface area contributed by atoms with Gasteiger partial charge in [-0.2, -0.15) is 0 Å². The zero-order chi connectivity index (χ0) is 18.4. The number of nitrogens with one attached hydrogen (secondary N) is 1. The van der Waals surface area contributed by atoms with Crippen molar-refractivity contribution in [2.75, 3.05) is 44.2 Å². The second-order valence-electron chi connectivity index (χ2n) is 6.35. The molecule has 26 heavy (non-hydrogen) atoms. The Morgan fingerprint density at radius 2 is 1.58 bits per heavy atom. The highest BCUT2D eigenvalue weighted by Crippen LogP contribution is 2.20. The molecule has 1 N–H and O–H groups in total. The molecule has 7 heteroatoms. The van der Waals surface area contributed by atoms with E-state index >= 15 is 0 Å². The quantitative estimate of drug-likeness (QED) is 0.676. The van der Waals surface area contributed by atoms with Crippen molar-refractivity contribution in [3.63, 3.8) is 0 Å². The predicted molar refractivity (Wildman–Crippen MR) is 109 cm³/mol. The molecule has 1 heterocycles. The van der Waals surface area contributed by atoms with Gasteiger partial charge in [-0.1, -0.05) is 30.3 Å². The summed E-state index contributed by atoms with van der Waals surface area (Å²) in [5.74, 6) is 0. The van der Waals surface area contributed by atoms with Crippen LogP contribution in [0.1, 0.15) is 6.42 Å². The monoisotopic (exact) mass is 437 g/mol. The zero-order valence-electron chi connectivity index (χ0n) is 14.6. The van der Waals surface area contributed by atoms with E-state index in [0.717, 1.165) is 39.1 Å². The van der Waals surface area contributed by atoms with Gasteiger partial charge in [-0.15, -0.1) is 0 Å². The summed E-state index contributed by atoms with van der Waals surface area (Å²) in [5.41, 5.74) is 1.27. The molecule has 140 valence electrons. The number of hydrogen-bond donors (Lipinski definition) is 1. The molecule has 0 amide bonds. The van der Waals surface area contributed by atoms with Crippen LogP contribution >= 0.6 is 15.9 Å². The van der Waals surface area contributed by atoms with Gasteiger partial charge in [0.25, 0.3) is 0 Å². The van der Waals surface area contributed by atoms with Gasteiger partial charge in [0.15, 0.2) is 0 Å². The summed E-state index contributed by atoms with van der Waals surface area (Å²) in [6.07, 6.45) is 0.801. The second kappa shape index (κ2) is 8.99. The minimum absolute atomic E-state index is 0.288. The number of nitrogens with zero attached hydrogens (tertiary/aromatic N) is 2. The molecule has 1 saturated heterocycles. The number of halogens is 1. The molecule has 2 aromatic carbocycles. The standard InChI is InChI=1S/C19H24BrN3O2S/c20-18-9-4-5-10-19(18)26(24,25)21-11-6-12-22-13-15-23(16-14-22)17-7-2-1-3-8-17/h1-5,7-10,21H,6,11-16H2. The highest BCUT2D eigenvalue weighted by Gasteiger charge is 2.18. The minimum atomic E-state index is -3.46. The summed E-state index contributed by atoms with van der Waals surface area (Å²) in [7, 11) is -3.46. The molecule has 0 spiro atoms. The summed E-state index contributed by atoms with van der Waals surface area (Å²) in [6, 6.07) is 17.3. The molecular formula is C19H24BrN3O2S. The molecule has 0 unspecified atom stereocenters. The number of sulfonamides is 1. The van der Waals surface area contributed by atoms with Crippen molar-refractivity contribution in [3.8, 4) is 0 Å². The smallest absolute Gasteiger partial charge is 0.241 e. The van der Waals surface area contributed by atoms with E-state index in [-0.39, 0.29) is 4.90 Å². The number of anilines is 1. The summed E-state index contributed by atoms with van der Waals surface area (Å²) in [5, 5.41) is 0. The van der Waals surface area contributed by atoms with Crippen LogP contribution in [0, 0.1) is 0 Å². The fourth-order valence-corrected chi connectivity index (χ4v) is 5.19. The van der Waals surface area contributed by atoms with Crippen molar-refractivity contribution in [2.45, 2.75) is 11.3 Å². The van der Waals surface area contributed by atoms with E-state index in [0.29, 0.717) is 11.0 Å². The Hall–Kier alpha value is -1.41. The van der Waals surface area contributed by atoms with Crippen LogP contribution in [0.15, 0.2) is 64.0 Å². The lowest BCUT2D eigenvalue weighted by Crippen LogP contribution is -2.47. The van der Waals surface area contributed by atoms with Gasteiger partial charge < -0.3 is 4.90 Å². The van der Waals surface area contributed by atoms with Crippen LogP contribution in [0.3, 0.4) is 0 Å². The summed E-state index contributed by atoms with van der Waals surface area (Å²) in [4.78, 5) is 5.08. The van der Waals surface area contributed by atoms with Crippen molar-refractivity contribution in [1.82, 2.24) is 9.62 Å². The van der Waals surface area contributed by atoms with Gasteiger partial charge in [0.2, 0.25) is 10.0 Å². The fourth-order valence-electron chi connectivity index (χ4n) is 3.12. The first kappa shape index (κ1) is 19.4. The molecule has 0 aromatic heterocycles. The third-order valence-electron chi connectivity index (χ3n) is 4.56. The molecule has 0 bridgehead atoms. The Morgan fingerprint density at radius 1 is 0.923 bits per heavy atom. The van der Waals surface area contributed by atoms with E-state index < -0.39 is 10.0 Å².